The maximum atomic E-state index is 13.8. The minimum Gasteiger partial charge on any atom is -0.494 e. The van der Waals surface area contributed by atoms with E-state index in [1.165, 1.54) is 7.11 Å². The smallest absolute Gasteiger partial charge is 0.165 e. The van der Waals surface area contributed by atoms with Gasteiger partial charge in [-0.3, -0.25) is 0 Å². The summed E-state index contributed by atoms with van der Waals surface area (Å²) in [7, 11) is 1.49. The minimum atomic E-state index is -0.285. The molecule has 3 heteroatoms. The zero-order valence-corrected chi connectivity index (χ0v) is 12.5. The molecule has 0 amide bonds. The molecule has 2 nitrogen and oxygen atoms in total. The lowest BCUT2D eigenvalue weighted by molar-refractivity contribution is 0.380. The molecule has 1 N–H and O–H groups in total. The van der Waals surface area contributed by atoms with Crippen molar-refractivity contribution >= 4 is 0 Å². The number of ether oxygens (including phenoxy) is 1. The van der Waals surface area contributed by atoms with E-state index >= 15 is 0 Å². The molecule has 0 aliphatic carbocycles. The molecule has 1 aromatic rings. The summed E-state index contributed by atoms with van der Waals surface area (Å²) in [5.41, 5.74) is 1.01. The van der Waals surface area contributed by atoms with E-state index < -0.39 is 0 Å². The van der Waals surface area contributed by atoms with Crippen LogP contribution in [0.4, 0.5) is 4.39 Å². The van der Waals surface area contributed by atoms with Crippen LogP contribution in [0.1, 0.15) is 51.6 Å². The first-order valence-electron chi connectivity index (χ1n) is 7.19. The molecule has 0 aromatic heterocycles. The Morgan fingerprint density at radius 2 is 2.05 bits per heavy atom. The number of halogens is 1. The standard InChI is InChI=1S/C16H26FNO/c1-5-9-18-15(10-12(3)6-2)13-7-8-16(19-4)14(17)11-13/h7-8,11-12,15,18H,5-6,9-10H2,1-4H3. The molecular formula is C16H26FNO. The molecule has 0 saturated heterocycles. The Kier molecular flexibility index (Phi) is 6.85. The average Bonchev–Trinajstić information content (AvgIpc) is 2.43. The van der Waals surface area contributed by atoms with E-state index in [0.29, 0.717) is 11.7 Å². The van der Waals surface area contributed by atoms with Gasteiger partial charge in [0.15, 0.2) is 11.6 Å². The highest BCUT2D eigenvalue weighted by Crippen LogP contribution is 2.26. The van der Waals surface area contributed by atoms with Crippen LogP contribution in [0.3, 0.4) is 0 Å². The van der Waals surface area contributed by atoms with Gasteiger partial charge in [-0.1, -0.05) is 33.3 Å². The predicted octanol–water partition coefficient (Wildman–Crippen LogP) is 4.31. The van der Waals surface area contributed by atoms with Gasteiger partial charge >= 0.3 is 0 Å². The fourth-order valence-corrected chi connectivity index (χ4v) is 2.12. The SMILES string of the molecule is CCCNC(CC(C)CC)c1ccc(OC)c(F)c1. The van der Waals surface area contributed by atoms with Crippen molar-refractivity contribution in [2.75, 3.05) is 13.7 Å². The molecule has 1 rings (SSSR count). The number of hydrogen-bond donors (Lipinski definition) is 1. The molecule has 2 atom stereocenters. The topological polar surface area (TPSA) is 21.3 Å². The van der Waals surface area contributed by atoms with Crippen LogP contribution in [-0.2, 0) is 0 Å². The normalized spacial score (nSPS) is 14.2. The highest BCUT2D eigenvalue weighted by Gasteiger charge is 2.15. The molecule has 0 radical (unpaired) electrons. The summed E-state index contributed by atoms with van der Waals surface area (Å²) >= 11 is 0. The summed E-state index contributed by atoms with van der Waals surface area (Å²) in [5.74, 6) is 0.647. The fraction of sp³-hybridized carbons (Fsp3) is 0.625. The van der Waals surface area contributed by atoms with Crippen molar-refractivity contribution in [2.24, 2.45) is 5.92 Å². The third-order valence-electron chi connectivity index (χ3n) is 3.55. The van der Waals surface area contributed by atoms with Crippen LogP contribution in [-0.4, -0.2) is 13.7 Å². The van der Waals surface area contributed by atoms with E-state index in [1.54, 1.807) is 12.1 Å². The van der Waals surface area contributed by atoms with E-state index in [4.69, 9.17) is 4.74 Å². The molecule has 19 heavy (non-hydrogen) atoms. The number of rotatable bonds is 8. The summed E-state index contributed by atoms with van der Waals surface area (Å²) in [4.78, 5) is 0. The van der Waals surface area contributed by atoms with Gasteiger partial charge < -0.3 is 10.1 Å². The molecule has 2 unspecified atom stereocenters. The van der Waals surface area contributed by atoms with E-state index in [9.17, 15) is 4.39 Å². The maximum Gasteiger partial charge on any atom is 0.165 e. The highest BCUT2D eigenvalue weighted by atomic mass is 19.1. The molecule has 0 aliphatic rings. The Balaban J connectivity index is 2.86. The first kappa shape index (κ1) is 16.0. The average molecular weight is 267 g/mol. The predicted molar refractivity (Wildman–Crippen MR) is 78.1 cm³/mol. The summed E-state index contributed by atoms with van der Waals surface area (Å²) < 4.78 is 18.8. The first-order valence-corrected chi connectivity index (χ1v) is 7.19. The summed E-state index contributed by atoms with van der Waals surface area (Å²) in [6.45, 7) is 7.52. The summed E-state index contributed by atoms with van der Waals surface area (Å²) in [6, 6.07) is 5.48. The van der Waals surface area contributed by atoms with Crippen LogP contribution in [0.25, 0.3) is 0 Å². The molecule has 0 aliphatic heterocycles. The van der Waals surface area contributed by atoms with Crippen molar-refractivity contribution in [3.05, 3.63) is 29.6 Å². The number of nitrogens with one attached hydrogen (secondary N) is 1. The molecule has 0 bridgehead atoms. The summed E-state index contributed by atoms with van der Waals surface area (Å²) in [5, 5.41) is 3.51. The van der Waals surface area contributed by atoms with E-state index in [1.807, 2.05) is 6.07 Å². The van der Waals surface area contributed by atoms with E-state index in [0.717, 1.165) is 31.4 Å². The Morgan fingerprint density at radius 1 is 1.32 bits per heavy atom. The van der Waals surface area contributed by atoms with Crippen molar-refractivity contribution in [3.63, 3.8) is 0 Å². The molecule has 0 heterocycles. The van der Waals surface area contributed by atoms with Gasteiger partial charge in [0.1, 0.15) is 0 Å². The van der Waals surface area contributed by atoms with Gasteiger partial charge in [-0.15, -0.1) is 0 Å². The number of methoxy groups -OCH3 is 1. The van der Waals surface area contributed by atoms with Gasteiger partial charge in [0, 0.05) is 6.04 Å². The Bertz CT molecular complexity index is 381. The lowest BCUT2D eigenvalue weighted by Gasteiger charge is -2.22. The van der Waals surface area contributed by atoms with Crippen molar-refractivity contribution in [2.45, 2.75) is 46.1 Å². The summed E-state index contributed by atoms with van der Waals surface area (Å²) in [6.07, 6.45) is 3.25. The monoisotopic (exact) mass is 267 g/mol. The van der Waals surface area contributed by atoms with Gasteiger partial charge in [0.05, 0.1) is 7.11 Å². The Labute approximate surface area is 116 Å². The second kappa shape index (κ2) is 8.16. The number of benzene rings is 1. The van der Waals surface area contributed by atoms with Crippen LogP contribution in [0.15, 0.2) is 18.2 Å². The van der Waals surface area contributed by atoms with E-state index in [-0.39, 0.29) is 11.9 Å². The molecule has 108 valence electrons. The molecule has 0 fully saturated rings. The highest BCUT2D eigenvalue weighted by molar-refractivity contribution is 5.31. The molecule has 1 aromatic carbocycles. The Morgan fingerprint density at radius 3 is 2.58 bits per heavy atom. The van der Waals surface area contributed by atoms with Gasteiger partial charge in [-0.2, -0.15) is 0 Å². The van der Waals surface area contributed by atoms with E-state index in [2.05, 4.69) is 26.1 Å². The third-order valence-corrected chi connectivity index (χ3v) is 3.55. The molecular weight excluding hydrogens is 241 g/mol. The van der Waals surface area contributed by atoms with Gasteiger partial charge in [0.2, 0.25) is 0 Å². The van der Waals surface area contributed by atoms with Crippen LogP contribution < -0.4 is 10.1 Å². The largest absolute Gasteiger partial charge is 0.494 e. The van der Waals surface area contributed by atoms with Crippen molar-refractivity contribution in [3.8, 4) is 5.75 Å². The zero-order chi connectivity index (χ0) is 14.3. The van der Waals surface area contributed by atoms with Gasteiger partial charge in [-0.05, 0) is 43.0 Å². The van der Waals surface area contributed by atoms with Gasteiger partial charge in [0.25, 0.3) is 0 Å². The lowest BCUT2D eigenvalue weighted by atomic mass is 9.94. The molecule has 0 spiro atoms. The van der Waals surface area contributed by atoms with Crippen LogP contribution in [0, 0.1) is 11.7 Å². The second-order valence-electron chi connectivity index (χ2n) is 5.15. The van der Waals surface area contributed by atoms with Crippen molar-refractivity contribution in [1.82, 2.24) is 5.32 Å². The fourth-order valence-electron chi connectivity index (χ4n) is 2.12. The lowest BCUT2D eigenvalue weighted by Crippen LogP contribution is -2.24. The number of hydrogen-bond acceptors (Lipinski definition) is 2. The van der Waals surface area contributed by atoms with Gasteiger partial charge in [-0.25, -0.2) is 4.39 Å². The second-order valence-corrected chi connectivity index (χ2v) is 5.15. The van der Waals surface area contributed by atoms with Crippen LogP contribution >= 0.6 is 0 Å². The maximum absolute atomic E-state index is 13.8. The van der Waals surface area contributed by atoms with Crippen molar-refractivity contribution < 1.29 is 9.13 Å². The minimum absolute atomic E-state index is 0.218. The molecule has 0 saturated carbocycles. The zero-order valence-electron chi connectivity index (χ0n) is 12.5. The van der Waals surface area contributed by atoms with Crippen molar-refractivity contribution in [1.29, 1.82) is 0 Å². The first-order chi connectivity index (χ1) is 9.12. The van der Waals surface area contributed by atoms with Crippen LogP contribution in [0.5, 0.6) is 5.75 Å². The van der Waals surface area contributed by atoms with Crippen LogP contribution in [0.2, 0.25) is 0 Å². The quantitative estimate of drug-likeness (QED) is 0.757. The Hall–Kier alpha value is -1.09. The third kappa shape index (κ3) is 4.83.